The molecule has 1 aliphatic rings. The Hall–Kier alpha value is -3.93. The van der Waals surface area contributed by atoms with E-state index in [9.17, 15) is 4.79 Å². The van der Waals surface area contributed by atoms with Gasteiger partial charge in [-0.25, -0.2) is 4.68 Å². The minimum atomic E-state index is 0.00445. The van der Waals surface area contributed by atoms with E-state index in [0.29, 0.717) is 31.0 Å². The first kappa shape index (κ1) is 19.1. The van der Waals surface area contributed by atoms with Gasteiger partial charge in [-0.2, -0.15) is 0 Å². The third-order valence-electron chi connectivity index (χ3n) is 5.43. The molecular formula is C25H22N4O2. The van der Waals surface area contributed by atoms with Crippen LogP contribution in [0.4, 0.5) is 0 Å². The van der Waals surface area contributed by atoms with Gasteiger partial charge in [0.25, 0.3) is 5.91 Å². The molecule has 4 aromatic rings. The molecule has 6 heteroatoms. The normalized spacial score (nSPS) is 13.6. The molecule has 0 spiro atoms. The molecule has 5 rings (SSSR count). The van der Waals surface area contributed by atoms with E-state index in [4.69, 9.17) is 4.74 Å². The number of nitrogens with zero attached hydrogens (tertiary/aromatic N) is 4. The highest BCUT2D eigenvalue weighted by Crippen LogP contribution is 2.26. The second kappa shape index (κ2) is 8.44. The number of carbonyl (C=O) groups excluding carboxylic acids is 1. The molecule has 0 aliphatic carbocycles. The van der Waals surface area contributed by atoms with E-state index in [1.54, 1.807) is 0 Å². The Labute approximate surface area is 180 Å². The van der Waals surface area contributed by atoms with Crippen molar-refractivity contribution in [3.63, 3.8) is 0 Å². The largest absolute Gasteiger partial charge is 0.489 e. The topological polar surface area (TPSA) is 60.2 Å². The lowest BCUT2D eigenvalue weighted by Crippen LogP contribution is -2.50. The highest BCUT2D eigenvalue weighted by atomic mass is 16.5. The summed E-state index contributed by atoms with van der Waals surface area (Å²) < 4.78 is 7.71. The van der Waals surface area contributed by atoms with Crippen LogP contribution in [0.15, 0.2) is 91.1 Å². The molecule has 2 heterocycles. The van der Waals surface area contributed by atoms with E-state index < -0.39 is 0 Å². The fraction of sp³-hybridized carbons (Fsp3) is 0.160. The highest BCUT2D eigenvalue weighted by Gasteiger charge is 2.33. The zero-order chi connectivity index (χ0) is 21.0. The van der Waals surface area contributed by atoms with Gasteiger partial charge in [-0.05, 0) is 23.8 Å². The first-order valence-corrected chi connectivity index (χ1v) is 10.3. The van der Waals surface area contributed by atoms with E-state index in [1.807, 2.05) is 101 Å². The maximum Gasteiger partial charge on any atom is 0.254 e. The third kappa shape index (κ3) is 4.19. The van der Waals surface area contributed by atoms with Crippen LogP contribution in [-0.2, 0) is 6.61 Å². The van der Waals surface area contributed by atoms with Crippen molar-refractivity contribution in [2.24, 2.45) is 0 Å². The molecule has 0 saturated carbocycles. The Morgan fingerprint density at radius 1 is 0.935 bits per heavy atom. The molecule has 1 aliphatic heterocycles. The van der Waals surface area contributed by atoms with Crippen molar-refractivity contribution in [3.8, 4) is 17.0 Å². The molecule has 3 aromatic carbocycles. The van der Waals surface area contributed by atoms with Crippen molar-refractivity contribution in [1.82, 2.24) is 19.9 Å². The summed E-state index contributed by atoms with van der Waals surface area (Å²) >= 11 is 0. The third-order valence-corrected chi connectivity index (χ3v) is 5.43. The maximum atomic E-state index is 12.9. The van der Waals surface area contributed by atoms with Crippen LogP contribution in [-0.4, -0.2) is 38.9 Å². The quantitative estimate of drug-likeness (QED) is 0.478. The number of rotatable bonds is 6. The Kier molecular flexibility index (Phi) is 5.19. The molecule has 31 heavy (non-hydrogen) atoms. The van der Waals surface area contributed by atoms with Crippen molar-refractivity contribution in [2.45, 2.75) is 12.6 Å². The highest BCUT2D eigenvalue weighted by molar-refractivity contribution is 5.95. The number of ether oxygens (including phenoxy) is 1. The number of amides is 1. The summed E-state index contributed by atoms with van der Waals surface area (Å²) in [6.07, 6.45) is 1.94. The van der Waals surface area contributed by atoms with E-state index in [0.717, 1.165) is 16.8 Å². The molecule has 0 N–H and O–H groups in total. The predicted molar refractivity (Wildman–Crippen MR) is 118 cm³/mol. The first-order chi connectivity index (χ1) is 15.3. The van der Waals surface area contributed by atoms with E-state index in [2.05, 4.69) is 10.3 Å². The minimum Gasteiger partial charge on any atom is -0.489 e. The van der Waals surface area contributed by atoms with Crippen molar-refractivity contribution in [3.05, 3.63) is 102 Å². The fourth-order valence-electron chi connectivity index (χ4n) is 3.63. The molecule has 0 unspecified atom stereocenters. The average molecular weight is 410 g/mol. The van der Waals surface area contributed by atoms with E-state index in [-0.39, 0.29) is 11.9 Å². The molecule has 0 radical (unpaired) electrons. The predicted octanol–water partition coefficient (Wildman–Crippen LogP) is 4.22. The van der Waals surface area contributed by atoms with E-state index in [1.165, 1.54) is 0 Å². The molecular weight excluding hydrogens is 388 g/mol. The van der Waals surface area contributed by atoms with Crippen molar-refractivity contribution in [1.29, 1.82) is 0 Å². The molecule has 1 aromatic heterocycles. The number of hydrogen-bond acceptors (Lipinski definition) is 4. The molecule has 1 amide bonds. The van der Waals surface area contributed by atoms with Gasteiger partial charge < -0.3 is 9.64 Å². The smallest absolute Gasteiger partial charge is 0.254 e. The Morgan fingerprint density at radius 3 is 2.45 bits per heavy atom. The van der Waals surface area contributed by atoms with Gasteiger partial charge in [0.05, 0.1) is 12.2 Å². The summed E-state index contributed by atoms with van der Waals surface area (Å²) in [5.41, 5.74) is 3.60. The van der Waals surface area contributed by atoms with Crippen molar-refractivity contribution < 1.29 is 9.53 Å². The number of benzene rings is 3. The Morgan fingerprint density at radius 2 is 1.68 bits per heavy atom. The lowest BCUT2D eigenvalue weighted by Gasteiger charge is -2.38. The van der Waals surface area contributed by atoms with Gasteiger partial charge >= 0.3 is 0 Å². The van der Waals surface area contributed by atoms with Gasteiger partial charge in [0.2, 0.25) is 0 Å². The lowest BCUT2D eigenvalue weighted by molar-refractivity contribution is 0.0498. The summed E-state index contributed by atoms with van der Waals surface area (Å²) in [7, 11) is 0. The van der Waals surface area contributed by atoms with Gasteiger partial charge in [-0.3, -0.25) is 4.79 Å². The number of likely N-dealkylation sites (tertiary alicyclic amines) is 1. The summed E-state index contributed by atoms with van der Waals surface area (Å²) in [6.45, 7) is 1.71. The van der Waals surface area contributed by atoms with Crippen LogP contribution in [0.1, 0.15) is 22.0 Å². The van der Waals surface area contributed by atoms with Crippen LogP contribution in [0, 0.1) is 0 Å². The molecule has 154 valence electrons. The SMILES string of the molecule is O=C(c1cccc(OCc2ccccc2)c1)N1CC(n2cc(-c3ccccc3)nn2)C1. The lowest BCUT2D eigenvalue weighted by atomic mass is 10.1. The zero-order valence-electron chi connectivity index (χ0n) is 17.0. The van der Waals surface area contributed by atoms with Gasteiger partial charge in [0, 0.05) is 24.2 Å². The first-order valence-electron chi connectivity index (χ1n) is 10.3. The van der Waals surface area contributed by atoms with Crippen LogP contribution < -0.4 is 4.74 Å². The number of carbonyl (C=O) groups is 1. The van der Waals surface area contributed by atoms with Gasteiger partial charge in [0.15, 0.2) is 0 Å². The van der Waals surface area contributed by atoms with Crippen LogP contribution in [0.5, 0.6) is 5.75 Å². The van der Waals surface area contributed by atoms with Gasteiger partial charge in [0.1, 0.15) is 18.1 Å². The van der Waals surface area contributed by atoms with Gasteiger partial charge in [-0.15, -0.1) is 5.10 Å². The Bertz CT molecular complexity index is 1170. The van der Waals surface area contributed by atoms with Crippen LogP contribution in [0.25, 0.3) is 11.3 Å². The fourth-order valence-corrected chi connectivity index (χ4v) is 3.63. The molecule has 1 saturated heterocycles. The molecule has 0 atom stereocenters. The van der Waals surface area contributed by atoms with Crippen molar-refractivity contribution in [2.75, 3.05) is 13.1 Å². The second-order valence-corrected chi connectivity index (χ2v) is 7.62. The molecule has 6 nitrogen and oxygen atoms in total. The zero-order valence-corrected chi connectivity index (χ0v) is 17.0. The monoisotopic (exact) mass is 410 g/mol. The summed E-state index contributed by atoms with van der Waals surface area (Å²) in [4.78, 5) is 14.7. The maximum absolute atomic E-state index is 12.9. The standard InChI is InChI=1S/C25H22N4O2/c30-25(21-12-7-13-23(14-21)31-18-19-8-3-1-4-9-19)28-15-22(16-28)29-17-24(26-27-29)20-10-5-2-6-11-20/h1-14,17,22H,15-16,18H2. The molecule has 1 fully saturated rings. The Balaban J connectivity index is 1.19. The number of aromatic nitrogens is 3. The second-order valence-electron chi connectivity index (χ2n) is 7.62. The average Bonchev–Trinajstić information content (AvgIpc) is 3.28. The van der Waals surface area contributed by atoms with Crippen LogP contribution in [0.2, 0.25) is 0 Å². The van der Waals surface area contributed by atoms with Crippen molar-refractivity contribution >= 4 is 5.91 Å². The van der Waals surface area contributed by atoms with E-state index >= 15 is 0 Å². The summed E-state index contributed by atoms with van der Waals surface area (Å²) in [5.74, 6) is 0.695. The molecule has 0 bridgehead atoms. The number of hydrogen-bond donors (Lipinski definition) is 0. The van der Waals surface area contributed by atoms with Crippen LogP contribution >= 0.6 is 0 Å². The van der Waals surface area contributed by atoms with Crippen LogP contribution in [0.3, 0.4) is 0 Å². The van der Waals surface area contributed by atoms with Gasteiger partial charge in [-0.1, -0.05) is 71.9 Å². The minimum absolute atomic E-state index is 0.00445. The summed E-state index contributed by atoms with van der Waals surface area (Å²) in [6, 6.07) is 27.4. The summed E-state index contributed by atoms with van der Waals surface area (Å²) in [5, 5.41) is 8.52.